The van der Waals surface area contributed by atoms with E-state index in [9.17, 15) is 8.42 Å². The summed E-state index contributed by atoms with van der Waals surface area (Å²) in [5.74, 6) is 0.414. The summed E-state index contributed by atoms with van der Waals surface area (Å²) < 4.78 is 51.0. The molecule has 0 atom stereocenters. The second-order valence-corrected chi connectivity index (χ2v) is 7.82. The van der Waals surface area contributed by atoms with Crippen molar-refractivity contribution < 1.29 is 31.9 Å². The van der Waals surface area contributed by atoms with Gasteiger partial charge in [-0.3, -0.25) is 0 Å². The lowest BCUT2D eigenvalue weighted by Crippen LogP contribution is -2.15. The van der Waals surface area contributed by atoms with Crippen molar-refractivity contribution >= 4 is 32.6 Å². The number of primary sulfonamides is 1. The van der Waals surface area contributed by atoms with E-state index in [1.165, 1.54) is 34.5 Å². The van der Waals surface area contributed by atoms with E-state index in [-0.39, 0.29) is 34.3 Å². The largest absolute Gasteiger partial charge is 0.496 e. The number of sulfonamides is 1. The summed E-state index contributed by atoms with van der Waals surface area (Å²) in [7, 11) is 1.49. The van der Waals surface area contributed by atoms with Gasteiger partial charge in [0.15, 0.2) is 16.2 Å². The maximum Gasteiger partial charge on any atom is 0.245 e. The zero-order chi connectivity index (χ0) is 21.3. The van der Waals surface area contributed by atoms with Gasteiger partial charge < -0.3 is 23.5 Å². The first-order valence-electron chi connectivity index (χ1n) is 8.20. The number of ether oxygens (including phenoxy) is 4. The highest BCUT2D eigenvalue weighted by atomic mass is 35.5. The average molecular weight is 443 g/mol. The highest BCUT2D eigenvalue weighted by molar-refractivity contribution is 7.89. The molecule has 3 rings (SSSR count). The third kappa shape index (κ3) is 3.60. The van der Waals surface area contributed by atoms with Crippen LogP contribution >= 0.6 is 11.6 Å². The normalized spacial score (nSPS) is 11.7. The van der Waals surface area contributed by atoms with Crippen molar-refractivity contribution in [3.63, 3.8) is 0 Å². The molecule has 0 aliphatic heterocycles. The minimum atomic E-state index is -4.18. The van der Waals surface area contributed by atoms with Crippen LogP contribution in [0.4, 0.5) is 0 Å². The van der Waals surface area contributed by atoms with Gasteiger partial charge >= 0.3 is 0 Å². The summed E-state index contributed by atoms with van der Waals surface area (Å²) in [6.07, 6.45) is 0. The molecule has 1 heterocycles. The van der Waals surface area contributed by atoms with Crippen molar-refractivity contribution in [3.8, 4) is 28.5 Å². The molecule has 0 aliphatic carbocycles. The van der Waals surface area contributed by atoms with Crippen LogP contribution in [-0.2, 0) is 21.4 Å². The van der Waals surface area contributed by atoms with E-state index < -0.39 is 10.0 Å². The van der Waals surface area contributed by atoms with Gasteiger partial charge in [-0.1, -0.05) is 16.8 Å². The molecular formula is C18H19ClN2O7S. The monoisotopic (exact) mass is 442 g/mol. The van der Waals surface area contributed by atoms with Gasteiger partial charge in [0.05, 0.1) is 38.3 Å². The molecule has 1 aromatic heterocycles. The standard InChI is InChI=1S/C18H19ClN2O7S/c1-24-8-9-7-12(26-3)13-15(21-28-17(13)14(9)19)10-5-6-11(25-2)18(16(10)27-4)29(20,22)23/h5-7H,8H2,1-4H3,(H2,20,22,23). The second kappa shape index (κ2) is 8.07. The van der Waals surface area contributed by atoms with Crippen molar-refractivity contribution in [1.82, 2.24) is 5.16 Å². The molecule has 3 aromatic rings. The van der Waals surface area contributed by atoms with E-state index in [4.69, 9.17) is 40.2 Å². The summed E-state index contributed by atoms with van der Waals surface area (Å²) >= 11 is 6.44. The van der Waals surface area contributed by atoms with Crippen LogP contribution in [0.25, 0.3) is 22.2 Å². The zero-order valence-corrected chi connectivity index (χ0v) is 17.7. The first-order chi connectivity index (χ1) is 13.8. The molecule has 0 aliphatic rings. The van der Waals surface area contributed by atoms with Gasteiger partial charge in [0.1, 0.15) is 17.2 Å². The Morgan fingerprint density at radius 1 is 1.10 bits per heavy atom. The highest BCUT2D eigenvalue weighted by Crippen LogP contribution is 2.46. The number of hydrogen-bond acceptors (Lipinski definition) is 8. The number of methoxy groups -OCH3 is 4. The van der Waals surface area contributed by atoms with Crippen molar-refractivity contribution in [2.75, 3.05) is 28.4 Å². The van der Waals surface area contributed by atoms with E-state index in [2.05, 4.69) is 5.16 Å². The molecule has 0 saturated heterocycles. The lowest BCUT2D eigenvalue weighted by molar-refractivity contribution is 0.184. The Hall–Kier alpha value is -2.53. The number of halogens is 1. The molecule has 11 heteroatoms. The SMILES string of the molecule is COCc1cc(OC)c2c(-c3ccc(OC)c(S(N)(=O)=O)c3OC)noc2c1Cl. The lowest BCUT2D eigenvalue weighted by Gasteiger charge is -2.15. The van der Waals surface area contributed by atoms with Crippen molar-refractivity contribution in [2.45, 2.75) is 11.5 Å². The van der Waals surface area contributed by atoms with E-state index >= 15 is 0 Å². The number of nitrogens with zero attached hydrogens (tertiary/aromatic N) is 1. The van der Waals surface area contributed by atoms with Gasteiger partial charge in [0.2, 0.25) is 10.0 Å². The van der Waals surface area contributed by atoms with Gasteiger partial charge in [0.25, 0.3) is 0 Å². The fourth-order valence-electron chi connectivity index (χ4n) is 3.08. The molecule has 156 valence electrons. The zero-order valence-electron chi connectivity index (χ0n) is 16.1. The first kappa shape index (κ1) is 21.2. The molecule has 29 heavy (non-hydrogen) atoms. The second-order valence-electron chi connectivity index (χ2n) is 5.94. The maximum absolute atomic E-state index is 12.2. The lowest BCUT2D eigenvalue weighted by atomic mass is 10.0. The maximum atomic E-state index is 12.2. The molecule has 2 aromatic carbocycles. The predicted molar refractivity (Wildman–Crippen MR) is 106 cm³/mol. The fourth-order valence-corrected chi connectivity index (χ4v) is 4.20. The van der Waals surface area contributed by atoms with Crippen molar-refractivity contribution in [3.05, 3.63) is 28.8 Å². The number of benzene rings is 2. The summed E-state index contributed by atoms with van der Waals surface area (Å²) in [6, 6.07) is 4.73. The van der Waals surface area contributed by atoms with E-state index in [0.717, 1.165) is 0 Å². The third-order valence-electron chi connectivity index (χ3n) is 4.28. The molecule has 0 amide bonds. The number of aromatic nitrogens is 1. The topological polar surface area (TPSA) is 123 Å². The fraction of sp³-hybridized carbons (Fsp3) is 0.278. The van der Waals surface area contributed by atoms with Gasteiger partial charge in [-0.2, -0.15) is 0 Å². The quantitative estimate of drug-likeness (QED) is 0.592. The van der Waals surface area contributed by atoms with E-state index in [1.807, 2.05) is 0 Å². The molecule has 0 fully saturated rings. The van der Waals surface area contributed by atoms with Crippen LogP contribution in [0, 0.1) is 0 Å². The average Bonchev–Trinajstić information content (AvgIpc) is 3.13. The molecule has 2 N–H and O–H groups in total. The Morgan fingerprint density at radius 3 is 2.34 bits per heavy atom. The van der Waals surface area contributed by atoms with Gasteiger partial charge in [-0.15, -0.1) is 0 Å². The van der Waals surface area contributed by atoms with Crippen molar-refractivity contribution in [2.24, 2.45) is 5.14 Å². The molecule has 0 radical (unpaired) electrons. The van der Waals surface area contributed by atoms with Crippen LogP contribution in [0.3, 0.4) is 0 Å². The van der Waals surface area contributed by atoms with Crippen LogP contribution < -0.4 is 19.3 Å². The number of fused-ring (bicyclic) bond motifs is 1. The van der Waals surface area contributed by atoms with Gasteiger partial charge in [0, 0.05) is 18.2 Å². The van der Waals surface area contributed by atoms with Crippen LogP contribution in [0.15, 0.2) is 27.6 Å². The van der Waals surface area contributed by atoms with Gasteiger partial charge in [-0.05, 0) is 18.2 Å². The summed E-state index contributed by atoms with van der Waals surface area (Å²) in [4.78, 5) is -0.308. The van der Waals surface area contributed by atoms with Gasteiger partial charge in [-0.25, -0.2) is 13.6 Å². The molecule has 0 saturated carbocycles. The summed E-state index contributed by atoms with van der Waals surface area (Å²) in [5, 5.41) is 10.2. The molecule has 0 bridgehead atoms. The minimum Gasteiger partial charge on any atom is -0.496 e. The highest BCUT2D eigenvalue weighted by Gasteiger charge is 2.29. The van der Waals surface area contributed by atoms with E-state index in [1.54, 1.807) is 12.1 Å². The van der Waals surface area contributed by atoms with Crippen molar-refractivity contribution in [1.29, 1.82) is 0 Å². The Morgan fingerprint density at radius 2 is 1.79 bits per heavy atom. The Balaban J connectivity index is 2.39. The van der Waals surface area contributed by atoms with Crippen LogP contribution in [0.5, 0.6) is 17.2 Å². The Bertz CT molecular complexity index is 1170. The smallest absolute Gasteiger partial charge is 0.245 e. The Labute approximate surface area is 172 Å². The third-order valence-corrected chi connectivity index (χ3v) is 5.65. The number of rotatable bonds is 7. The number of nitrogens with two attached hydrogens (primary N) is 1. The van der Waals surface area contributed by atoms with Crippen LogP contribution in [0.2, 0.25) is 5.02 Å². The molecule has 0 unspecified atom stereocenters. The first-order valence-corrected chi connectivity index (χ1v) is 10.1. The number of hydrogen-bond donors (Lipinski definition) is 1. The van der Waals surface area contributed by atoms with Crippen LogP contribution in [0.1, 0.15) is 5.56 Å². The molecule has 0 spiro atoms. The van der Waals surface area contributed by atoms with E-state index in [0.29, 0.717) is 27.3 Å². The summed E-state index contributed by atoms with van der Waals surface area (Å²) in [6.45, 7) is 0.239. The minimum absolute atomic E-state index is 0.0354. The predicted octanol–water partition coefficient (Wildman–Crippen LogP) is 2.97. The molecule has 9 nitrogen and oxygen atoms in total. The summed E-state index contributed by atoms with van der Waals surface area (Å²) in [5.41, 5.74) is 1.49. The van der Waals surface area contributed by atoms with Crippen LogP contribution in [-0.4, -0.2) is 42.0 Å². The Kier molecular flexibility index (Phi) is 5.90. The molecular weight excluding hydrogens is 424 g/mol.